The van der Waals surface area contributed by atoms with Gasteiger partial charge in [-0.1, -0.05) is 12.1 Å². The van der Waals surface area contributed by atoms with Crippen molar-refractivity contribution < 1.29 is 23.2 Å². The van der Waals surface area contributed by atoms with Gasteiger partial charge in [0.25, 0.3) is 11.8 Å². The van der Waals surface area contributed by atoms with Gasteiger partial charge in [0, 0.05) is 18.8 Å². The number of hydrogen-bond donors (Lipinski definition) is 2. The third-order valence-corrected chi connectivity index (χ3v) is 4.94. The maximum Gasteiger partial charge on any atom is 0.291 e. The minimum absolute atomic E-state index is 0.211. The molecular weight excluding hydrogens is 386 g/mol. The standard InChI is InChI=1S/C22H21N3O5/c26-20(17-7-2-10-25(17)22(28)19-9-4-12-30-19)23-14-15-5-1-6-16(13-15)24-21(27)18-8-3-11-29-18/h1,3-6,8-9,11-13,17H,2,7,10,14H2,(H,23,26)(H,24,27)/t17-/m0/s1. The van der Waals surface area contributed by atoms with Crippen molar-refractivity contribution in [2.75, 3.05) is 11.9 Å². The molecule has 8 heteroatoms. The molecule has 0 radical (unpaired) electrons. The first-order valence-corrected chi connectivity index (χ1v) is 9.68. The van der Waals surface area contributed by atoms with E-state index in [0.717, 1.165) is 12.0 Å². The molecule has 1 atom stereocenters. The Labute approximate surface area is 172 Å². The van der Waals surface area contributed by atoms with Crippen LogP contribution in [0.2, 0.25) is 0 Å². The molecule has 1 aliphatic heterocycles. The first-order chi connectivity index (χ1) is 14.6. The van der Waals surface area contributed by atoms with Crippen LogP contribution < -0.4 is 10.6 Å². The fraction of sp³-hybridized carbons (Fsp3) is 0.227. The summed E-state index contributed by atoms with van der Waals surface area (Å²) in [6, 6.07) is 13.1. The van der Waals surface area contributed by atoms with E-state index in [0.29, 0.717) is 18.7 Å². The van der Waals surface area contributed by atoms with Gasteiger partial charge >= 0.3 is 0 Å². The molecule has 30 heavy (non-hydrogen) atoms. The second-order valence-corrected chi connectivity index (χ2v) is 6.98. The van der Waals surface area contributed by atoms with E-state index in [1.54, 1.807) is 47.4 Å². The molecule has 3 aromatic rings. The molecular formula is C22H21N3O5. The number of benzene rings is 1. The molecule has 154 valence electrons. The van der Waals surface area contributed by atoms with E-state index in [2.05, 4.69) is 10.6 Å². The Morgan fingerprint density at radius 2 is 1.77 bits per heavy atom. The summed E-state index contributed by atoms with van der Waals surface area (Å²) in [5.41, 5.74) is 1.42. The summed E-state index contributed by atoms with van der Waals surface area (Å²) in [6.45, 7) is 0.800. The van der Waals surface area contributed by atoms with Gasteiger partial charge in [0.05, 0.1) is 12.5 Å². The Kier molecular flexibility index (Phi) is 5.65. The molecule has 3 amide bonds. The molecule has 0 aliphatic carbocycles. The molecule has 1 fully saturated rings. The average Bonchev–Trinajstić information content (AvgIpc) is 3.53. The van der Waals surface area contributed by atoms with Gasteiger partial charge < -0.3 is 24.4 Å². The molecule has 0 saturated carbocycles. The van der Waals surface area contributed by atoms with Crippen LogP contribution >= 0.6 is 0 Å². The highest BCUT2D eigenvalue weighted by atomic mass is 16.3. The van der Waals surface area contributed by atoms with Gasteiger partial charge in [-0.15, -0.1) is 0 Å². The van der Waals surface area contributed by atoms with Crippen LogP contribution in [0.25, 0.3) is 0 Å². The summed E-state index contributed by atoms with van der Waals surface area (Å²) in [4.78, 5) is 38.9. The van der Waals surface area contributed by atoms with Gasteiger partial charge in [0.15, 0.2) is 11.5 Å². The van der Waals surface area contributed by atoms with Crippen LogP contribution in [0, 0.1) is 0 Å². The molecule has 0 bridgehead atoms. The number of likely N-dealkylation sites (tertiary alicyclic amines) is 1. The van der Waals surface area contributed by atoms with Crippen molar-refractivity contribution in [1.29, 1.82) is 0 Å². The number of carbonyl (C=O) groups excluding carboxylic acids is 3. The van der Waals surface area contributed by atoms with Gasteiger partial charge in [0.2, 0.25) is 5.91 Å². The molecule has 2 aromatic heterocycles. The highest BCUT2D eigenvalue weighted by molar-refractivity contribution is 6.02. The number of amides is 3. The van der Waals surface area contributed by atoms with Crippen LogP contribution in [0.3, 0.4) is 0 Å². The fourth-order valence-corrected chi connectivity index (χ4v) is 3.49. The maximum absolute atomic E-state index is 12.7. The summed E-state index contributed by atoms with van der Waals surface area (Å²) in [5, 5.41) is 5.64. The summed E-state index contributed by atoms with van der Waals surface area (Å²) in [7, 11) is 0. The zero-order chi connectivity index (χ0) is 20.9. The van der Waals surface area contributed by atoms with E-state index < -0.39 is 6.04 Å². The highest BCUT2D eigenvalue weighted by Gasteiger charge is 2.35. The van der Waals surface area contributed by atoms with Crippen molar-refractivity contribution in [3.05, 3.63) is 78.1 Å². The highest BCUT2D eigenvalue weighted by Crippen LogP contribution is 2.21. The Morgan fingerprint density at radius 3 is 2.50 bits per heavy atom. The summed E-state index contributed by atoms with van der Waals surface area (Å²) in [5.74, 6) is -0.386. The van der Waals surface area contributed by atoms with Crippen LogP contribution in [0.5, 0.6) is 0 Å². The van der Waals surface area contributed by atoms with Crippen molar-refractivity contribution in [3.8, 4) is 0 Å². The van der Waals surface area contributed by atoms with Crippen LogP contribution in [0.15, 0.2) is 69.9 Å². The number of carbonyl (C=O) groups is 3. The third-order valence-electron chi connectivity index (χ3n) is 4.94. The lowest BCUT2D eigenvalue weighted by atomic mass is 10.1. The topological polar surface area (TPSA) is 105 Å². The smallest absolute Gasteiger partial charge is 0.291 e. The molecule has 1 aliphatic rings. The van der Waals surface area contributed by atoms with E-state index in [-0.39, 0.29) is 35.8 Å². The lowest BCUT2D eigenvalue weighted by molar-refractivity contribution is -0.125. The molecule has 4 rings (SSSR count). The van der Waals surface area contributed by atoms with Crippen molar-refractivity contribution in [3.63, 3.8) is 0 Å². The predicted molar refractivity (Wildman–Crippen MR) is 108 cm³/mol. The predicted octanol–water partition coefficient (Wildman–Crippen LogP) is 3.05. The lowest BCUT2D eigenvalue weighted by Crippen LogP contribution is -2.45. The monoisotopic (exact) mass is 407 g/mol. The summed E-state index contributed by atoms with van der Waals surface area (Å²) < 4.78 is 10.3. The minimum Gasteiger partial charge on any atom is -0.459 e. The minimum atomic E-state index is -0.524. The van der Waals surface area contributed by atoms with E-state index in [9.17, 15) is 14.4 Å². The van der Waals surface area contributed by atoms with Gasteiger partial charge in [0.1, 0.15) is 6.04 Å². The SMILES string of the molecule is O=C(Nc1cccc(CNC(=O)[C@@H]2CCCN2C(=O)c2ccco2)c1)c1ccco1. The maximum atomic E-state index is 12.7. The van der Waals surface area contributed by atoms with Gasteiger partial charge in [-0.05, 0) is 54.8 Å². The van der Waals surface area contributed by atoms with Gasteiger partial charge in [-0.25, -0.2) is 0 Å². The molecule has 2 N–H and O–H groups in total. The molecule has 8 nitrogen and oxygen atoms in total. The Balaban J connectivity index is 1.35. The van der Waals surface area contributed by atoms with Crippen LogP contribution in [-0.4, -0.2) is 35.2 Å². The number of nitrogens with zero attached hydrogens (tertiary/aromatic N) is 1. The second kappa shape index (κ2) is 8.69. The number of anilines is 1. The molecule has 1 saturated heterocycles. The zero-order valence-corrected chi connectivity index (χ0v) is 16.2. The van der Waals surface area contributed by atoms with E-state index in [1.807, 2.05) is 6.07 Å². The van der Waals surface area contributed by atoms with Crippen molar-refractivity contribution in [2.45, 2.75) is 25.4 Å². The van der Waals surface area contributed by atoms with Crippen molar-refractivity contribution in [1.82, 2.24) is 10.2 Å². The lowest BCUT2D eigenvalue weighted by Gasteiger charge is -2.23. The Bertz CT molecular complexity index is 1030. The molecule has 0 spiro atoms. The number of hydrogen-bond acceptors (Lipinski definition) is 5. The first-order valence-electron chi connectivity index (χ1n) is 9.68. The summed E-state index contributed by atoms with van der Waals surface area (Å²) in [6.07, 6.45) is 4.25. The van der Waals surface area contributed by atoms with E-state index in [4.69, 9.17) is 8.83 Å². The van der Waals surface area contributed by atoms with Crippen molar-refractivity contribution >= 4 is 23.4 Å². The van der Waals surface area contributed by atoms with E-state index >= 15 is 0 Å². The largest absolute Gasteiger partial charge is 0.459 e. The van der Waals surface area contributed by atoms with Gasteiger partial charge in [-0.3, -0.25) is 14.4 Å². The van der Waals surface area contributed by atoms with Crippen LogP contribution in [0.1, 0.15) is 39.5 Å². The average molecular weight is 407 g/mol. The number of rotatable bonds is 6. The molecule has 3 heterocycles. The molecule has 0 unspecified atom stereocenters. The third kappa shape index (κ3) is 4.27. The second-order valence-electron chi connectivity index (χ2n) is 6.98. The Morgan fingerprint density at radius 1 is 1.00 bits per heavy atom. The van der Waals surface area contributed by atoms with Crippen LogP contribution in [-0.2, 0) is 11.3 Å². The Hall–Kier alpha value is -3.81. The fourth-order valence-electron chi connectivity index (χ4n) is 3.49. The van der Waals surface area contributed by atoms with Crippen molar-refractivity contribution in [2.24, 2.45) is 0 Å². The van der Waals surface area contributed by atoms with Crippen LogP contribution in [0.4, 0.5) is 5.69 Å². The first kappa shape index (κ1) is 19.5. The normalized spacial score (nSPS) is 15.7. The van der Waals surface area contributed by atoms with E-state index in [1.165, 1.54) is 12.5 Å². The zero-order valence-electron chi connectivity index (χ0n) is 16.2. The number of nitrogens with one attached hydrogen (secondary N) is 2. The summed E-state index contributed by atoms with van der Waals surface area (Å²) >= 11 is 0. The quantitative estimate of drug-likeness (QED) is 0.653. The molecule has 1 aromatic carbocycles. The number of furan rings is 2. The van der Waals surface area contributed by atoms with Gasteiger partial charge in [-0.2, -0.15) is 0 Å².